The molecule has 0 saturated carbocycles. The lowest BCUT2D eigenvalue weighted by molar-refractivity contribution is 1.27. The van der Waals surface area contributed by atoms with Crippen LogP contribution in [-0.4, -0.2) is 26.8 Å². The van der Waals surface area contributed by atoms with Crippen molar-refractivity contribution in [1.29, 1.82) is 5.41 Å². The third-order valence-electron chi connectivity index (χ3n) is 1.81. The zero-order valence-corrected chi connectivity index (χ0v) is 8.36. The molecule has 0 fully saturated rings. The van der Waals surface area contributed by atoms with Gasteiger partial charge in [0.2, 0.25) is 0 Å². The lowest BCUT2D eigenvalue weighted by Crippen LogP contribution is -2.13. The van der Waals surface area contributed by atoms with Crippen LogP contribution in [0.4, 0.5) is 11.4 Å². The van der Waals surface area contributed by atoms with E-state index < -0.39 is 0 Å². The molecule has 1 aromatic carbocycles. The van der Waals surface area contributed by atoms with Crippen LogP contribution in [0.5, 0.6) is 0 Å². The van der Waals surface area contributed by atoms with Crippen LogP contribution in [0.2, 0.25) is 0 Å². The Morgan fingerprint density at radius 3 is 2.93 bits per heavy atom. The van der Waals surface area contributed by atoms with E-state index in [0.717, 1.165) is 11.4 Å². The van der Waals surface area contributed by atoms with Gasteiger partial charge in [-0.1, -0.05) is 6.07 Å². The molecule has 4 heteroatoms. The highest BCUT2D eigenvalue weighted by molar-refractivity contribution is 5.81. The minimum absolute atomic E-state index is 0.960. The van der Waals surface area contributed by atoms with Crippen LogP contribution < -0.4 is 10.2 Å². The summed E-state index contributed by atoms with van der Waals surface area (Å²) >= 11 is 0. The Morgan fingerprint density at radius 2 is 2.29 bits per heavy atom. The second kappa shape index (κ2) is 5.01. The average molecular weight is 190 g/mol. The van der Waals surface area contributed by atoms with Gasteiger partial charge in [0.1, 0.15) is 0 Å². The van der Waals surface area contributed by atoms with Gasteiger partial charge in [-0.05, 0) is 18.2 Å². The van der Waals surface area contributed by atoms with E-state index in [2.05, 4.69) is 10.3 Å². The second-order valence-electron chi connectivity index (χ2n) is 2.82. The number of nitrogens with one attached hydrogen (secondary N) is 2. The first-order chi connectivity index (χ1) is 6.77. The van der Waals surface area contributed by atoms with E-state index in [1.807, 2.05) is 31.3 Å². The first-order valence-electron chi connectivity index (χ1n) is 4.28. The molecule has 0 heterocycles. The standard InChI is InChI=1S/C10H14N4/c1-12-8-13-9-4-3-5-10(6-9)14(2)7-11/h3-8,11H,1-2H3,(H,12,13). The topological polar surface area (TPSA) is 51.5 Å². The Labute approximate surface area is 83.8 Å². The summed E-state index contributed by atoms with van der Waals surface area (Å²) in [7, 11) is 3.54. The smallest absolute Gasteiger partial charge is 0.0864 e. The van der Waals surface area contributed by atoms with E-state index in [-0.39, 0.29) is 0 Å². The molecule has 1 rings (SSSR count). The SMILES string of the molecule is CN=CNc1cccc(N(C)C=N)c1. The van der Waals surface area contributed by atoms with E-state index in [1.165, 1.54) is 6.34 Å². The molecule has 0 atom stereocenters. The zero-order chi connectivity index (χ0) is 10.4. The van der Waals surface area contributed by atoms with Gasteiger partial charge in [0, 0.05) is 25.5 Å². The molecule has 4 nitrogen and oxygen atoms in total. The minimum Gasteiger partial charge on any atom is -0.347 e. The summed E-state index contributed by atoms with van der Waals surface area (Å²) in [5, 5.41) is 10.1. The van der Waals surface area contributed by atoms with Gasteiger partial charge in [-0.3, -0.25) is 10.4 Å². The molecule has 0 aliphatic heterocycles. The number of aliphatic imine (C=N–C) groups is 1. The van der Waals surface area contributed by atoms with Crippen molar-refractivity contribution in [1.82, 2.24) is 0 Å². The molecule has 0 radical (unpaired) electrons. The lowest BCUT2D eigenvalue weighted by atomic mass is 10.2. The van der Waals surface area contributed by atoms with Crippen molar-refractivity contribution in [2.75, 3.05) is 24.3 Å². The molecule has 0 spiro atoms. The summed E-state index contributed by atoms with van der Waals surface area (Å²) in [6.45, 7) is 0. The van der Waals surface area contributed by atoms with Crippen molar-refractivity contribution in [3.8, 4) is 0 Å². The largest absolute Gasteiger partial charge is 0.347 e. The molecule has 0 bridgehead atoms. The summed E-state index contributed by atoms with van der Waals surface area (Å²) in [5.41, 5.74) is 1.93. The van der Waals surface area contributed by atoms with Gasteiger partial charge in [0.15, 0.2) is 0 Å². The molecule has 0 aliphatic carbocycles. The Morgan fingerprint density at radius 1 is 1.50 bits per heavy atom. The zero-order valence-electron chi connectivity index (χ0n) is 8.36. The maximum atomic E-state index is 7.11. The van der Waals surface area contributed by atoms with Crippen molar-refractivity contribution in [2.45, 2.75) is 0 Å². The van der Waals surface area contributed by atoms with Crippen molar-refractivity contribution < 1.29 is 0 Å². The van der Waals surface area contributed by atoms with E-state index in [0.29, 0.717) is 0 Å². The van der Waals surface area contributed by atoms with Crippen molar-refractivity contribution in [3.63, 3.8) is 0 Å². The molecule has 0 unspecified atom stereocenters. The van der Waals surface area contributed by atoms with Gasteiger partial charge in [-0.2, -0.15) is 0 Å². The number of rotatable bonds is 4. The van der Waals surface area contributed by atoms with Crippen molar-refractivity contribution in [3.05, 3.63) is 24.3 Å². The maximum Gasteiger partial charge on any atom is 0.0864 e. The third-order valence-corrected chi connectivity index (χ3v) is 1.81. The van der Waals surface area contributed by atoms with E-state index >= 15 is 0 Å². The van der Waals surface area contributed by atoms with Crippen LogP contribution in [0.15, 0.2) is 29.3 Å². The van der Waals surface area contributed by atoms with Crippen molar-refractivity contribution in [2.24, 2.45) is 4.99 Å². The quantitative estimate of drug-likeness (QED) is 0.562. The highest BCUT2D eigenvalue weighted by Crippen LogP contribution is 2.16. The molecule has 1 aromatic rings. The van der Waals surface area contributed by atoms with Gasteiger partial charge >= 0.3 is 0 Å². The van der Waals surface area contributed by atoms with Crippen LogP contribution >= 0.6 is 0 Å². The fourth-order valence-electron chi connectivity index (χ4n) is 1.03. The molecule has 0 saturated heterocycles. The van der Waals surface area contributed by atoms with Crippen molar-refractivity contribution >= 4 is 24.1 Å². The molecule has 0 aliphatic rings. The molecule has 74 valence electrons. The minimum atomic E-state index is 0.960. The molecule has 0 amide bonds. The molecule has 2 N–H and O–H groups in total. The summed E-state index contributed by atoms with van der Waals surface area (Å²) in [6, 6.07) is 7.77. The van der Waals surface area contributed by atoms with Gasteiger partial charge in [0.05, 0.1) is 12.7 Å². The average Bonchev–Trinajstić information content (AvgIpc) is 2.25. The first-order valence-corrected chi connectivity index (χ1v) is 4.28. The van der Waals surface area contributed by atoms with Crippen LogP contribution in [-0.2, 0) is 0 Å². The Hall–Kier alpha value is -1.84. The third kappa shape index (κ3) is 2.58. The van der Waals surface area contributed by atoms with Gasteiger partial charge < -0.3 is 10.2 Å². The number of hydrogen-bond donors (Lipinski definition) is 2. The summed E-state index contributed by atoms with van der Waals surface area (Å²) in [6.07, 6.45) is 2.90. The summed E-state index contributed by atoms with van der Waals surface area (Å²) in [4.78, 5) is 5.56. The van der Waals surface area contributed by atoms with Gasteiger partial charge in [-0.15, -0.1) is 0 Å². The predicted molar refractivity (Wildman–Crippen MR) is 61.7 cm³/mol. The molecular formula is C10H14N4. The normalized spacial score (nSPS) is 10.1. The van der Waals surface area contributed by atoms with E-state index in [1.54, 1.807) is 18.3 Å². The maximum absolute atomic E-state index is 7.11. The Kier molecular flexibility index (Phi) is 3.67. The predicted octanol–water partition coefficient (Wildman–Crippen LogP) is 1.80. The van der Waals surface area contributed by atoms with Crippen LogP contribution in [0, 0.1) is 5.41 Å². The van der Waals surface area contributed by atoms with E-state index in [9.17, 15) is 0 Å². The molecular weight excluding hydrogens is 176 g/mol. The number of anilines is 2. The fraction of sp³-hybridized carbons (Fsp3) is 0.200. The highest BCUT2D eigenvalue weighted by Gasteiger charge is 1.97. The van der Waals surface area contributed by atoms with Crippen LogP contribution in [0.25, 0.3) is 0 Å². The van der Waals surface area contributed by atoms with Crippen LogP contribution in [0.3, 0.4) is 0 Å². The number of hydrogen-bond acceptors (Lipinski definition) is 2. The molecule has 14 heavy (non-hydrogen) atoms. The number of benzene rings is 1. The Bertz CT molecular complexity index is 333. The van der Waals surface area contributed by atoms with E-state index in [4.69, 9.17) is 5.41 Å². The Balaban J connectivity index is 2.83. The van der Waals surface area contributed by atoms with Gasteiger partial charge in [-0.25, -0.2) is 0 Å². The lowest BCUT2D eigenvalue weighted by Gasteiger charge is -2.13. The first kappa shape index (κ1) is 10.2. The highest BCUT2D eigenvalue weighted by atomic mass is 15.1. The van der Waals surface area contributed by atoms with Crippen LogP contribution in [0.1, 0.15) is 0 Å². The summed E-state index contributed by atoms with van der Waals surface area (Å²) in [5.74, 6) is 0. The monoisotopic (exact) mass is 190 g/mol. The fourth-order valence-corrected chi connectivity index (χ4v) is 1.03. The number of nitrogens with zero attached hydrogens (tertiary/aromatic N) is 2. The summed E-state index contributed by atoms with van der Waals surface area (Å²) < 4.78 is 0. The van der Waals surface area contributed by atoms with Gasteiger partial charge in [0.25, 0.3) is 0 Å². The second-order valence-corrected chi connectivity index (χ2v) is 2.82. The molecule has 0 aromatic heterocycles.